The van der Waals surface area contributed by atoms with Crippen LogP contribution in [0.25, 0.3) is 0 Å². The molecule has 0 aromatic rings. The minimum Gasteiger partial charge on any atom is -0.328 e. The van der Waals surface area contributed by atoms with E-state index >= 15 is 0 Å². The topological polar surface area (TPSA) is 32.5 Å². The van der Waals surface area contributed by atoms with Gasteiger partial charge in [0, 0.05) is 37.8 Å². The lowest BCUT2D eigenvalue weighted by molar-refractivity contribution is 0.0615. The number of nitrogens with zero attached hydrogens (tertiary/aromatic N) is 2. The zero-order chi connectivity index (χ0) is 12.2. The van der Waals surface area contributed by atoms with Crippen molar-refractivity contribution in [2.24, 2.45) is 5.73 Å². The van der Waals surface area contributed by atoms with Gasteiger partial charge in [-0.3, -0.25) is 4.90 Å². The Balaban J connectivity index is 2.17. The summed E-state index contributed by atoms with van der Waals surface area (Å²) < 4.78 is 0. The van der Waals surface area contributed by atoms with Gasteiger partial charge in [-0.05, 0) is 47.1 Å². The molecule has 3 nitrogen and oxygen atoms in total. The van der Waals surface area contributed by atoms with Gasteiger partial charge in [0.15, 0.2) is 0 Å². The highest BCUT2D eigenvalue weighted by Gasteiger charge is 2.25. The van der Waals surface area contributed by atoms with Gasteiger partial charge in [-0.15, -0.1) is 0 Å². The van der Waals surface area contributed by atoms with Crippen molar-refractivity contribution < 1.29 is 0 Å². The molecule has 0 aromatic heterocycles. The van der Waals surface area contributed by atoms with Crippen molar-refractivity contribution in [3.63, 3.8) is 0 Å². The van der Waals surface area contributed by atoms with Crippen LogP contribution in [0.1, 0.15) is 40.5 Å². The highest BCUT2D eigenvalue weighted by molar-refractivity contribution is 4.81. The summed E-state index contributed by atoms with van der Waals surface area (Å²) in [5.41, 5.74) is 6.09. The van der Waals surface area contributed by atoms with Gasteiger partial charge in [0.25, 0.3) is 0 Å². The van der Waals surface area contributed by atoms with Crippen LogP contribution in [-0.2, 0) is 0 Å². The number of piperazine rings is 1. The molecule has 1 rings (SSSR count). The van der Waals surface area contributed by atoms with E-state index < -0.39 is 0 Å². The molecule has 1 saturated heterocycles. The Morgan fingerprint density at radius 1 is 1.12 bits per heavy atom. The number of nitrogens with two attached hydrogens (primary N) is 1. The van der Waals surface area contributed by atoms with Crippen LogP contribution in [0.2, 0.25) is 0 Å². The average Bonchev–Trinajstić information content (AvgIpc) is 2.16. The summed E-state index contributed by atoms with van der Waals surface area (Å²) in [7, 11) is 0. The molecule has 0 aliphatic carbocycles. The van der Waals surface area contributed by atoms with Gasteiger partial charge in [-0.2, -0.15) is 0 Å². The Hall–Kier alpha value is -0.120. The van der Waals surface area contributed by atoms with Crippen LogP contribution in [0.15, 0.2) is 0 Å². The highest BCUT2D eigenvalue weighted by Crippen LogP contribution is 2.15. The van der Waals surface area contributed by atoms with Gasteiger partial charge in [0.05, 0.1) is 0 Å². The van der Waals surface area contributed by atoms with E-state index in [0.29, 0.717) is 11.6 Å². The smallest absolute Gasteiger partial charge is 0.0126 e. The fourth-order valence-corrected chi connectivity index (χ4v) is 2.28. The lowest BCUT2D eigenvalue weighted by atomic mass is 10.0. The van der Waals surface area contributed by atoms with E-state index in [-0.39, 0.29) is 0 Å². The van der Waals surface area contributed by atoms with Crippen LogP contribution in [-0.4, -0.2) is 54.1 Å². The molecule has 1 heterocycles. The summed E-state index contributed by atoms with van der Waals surface area (Å²) >= 11 is 0. The normalized spacial score (nSPS) is 22.3. The van der Waals surface area contributed by atoms with Crippen molar-refractivity contribution in [2.75, 3.05) is 32.7 Å². The van der Waals surface area contributed by atoms with Crippen LogP contribution >= 0.6 is 0 Å². The summed E-state index contributed by atoms with van der Waals surface area (Å²) in [5, 5.41) is 0. The summed E-state index contributed by atoms with van der Waals surface area (Å²) in [6.45, 7) is 15.1. The molecule has 0 spiro atoms. The van der Waals surface area contributed by atoms with E-state index in [9.17, 15) is 0 Å². The van der Waals surface area contributed by atoms with E-state index in [4.69, 9.17) is 5.73 Å². The second-order valence-electron chi connectivity index (χ2n) is 6.12. The Kier molecular flexibility index (Phi) is 5.22. The highest BCUT2D eigenvalue weighted by atomic mass is 15.3. The minimum absolute atomic E-state index is 0.331. The summed E-state index contributed by atoms with van der Waals surface area (Å²) in [5.74, 6) is 0. The van der Waals surface area contributed by atoms with Crippen LogP contribution < -0.4 is 5.73 Å². The predicted molar refractivity (Wildman–Crippen MR) is 70.6 cm³/mol. The molecule has 0 amide bonds. The first kappa shape index (κ1) is 13.9. The maximum atomic E-state index is 5.76. The van der Waals surface area contributed by atoms with E-state index in [1.165, 1.54) is 39.1 Å². The second-order valence-corrected chi connectivity index (χ2v) is 6.12. The molecule has 1 unspecified atom stereocenters. The number of hydrogen-bond donors (Lipinski definition) is 1. The van der Waals surface area contributed by atoms with Gasteiger partial charge in [-0.1, -0.05) is 0 Å². The van der Waals surface area contributed by atoms with Crippen molar-refractivity contribution in [3.05, 3.63) is 0 Å². The summed E-state index contributed by atoms with van der Waals surface area (Å²) in [6.07, 6.45) is 2.40. The lowest BCUT2D eigenvalue weighted by Crippen LogP contribution is -2.53. The monoisotopic (exact) mass is 227 g/mol. The fourth-order valence-electron chi connectivity index (χ4n) is 2.28. The predicted octanol–water partition coefficient (Wildman–Crippen LogP) is 1.53. The first-order chi connectivity index (χ1) is 7.39. The number of hydrogen-bond acceptors (Lipinski definition) is 3. The van der Waals surface area contributed by atoms with Crippen molar-refractivity contribution >= 4 is 0 Å². The fraction of sp³-hybridized carbons (Fsp3) is 1.00. The summed E-state index contributed by atoms with van der Waals surface area (Å²) in [6, 6.07) is 0.357. The molecule has 3 heteroatoms. The molecule has 0 radical (unpaired) electrons. The van der Waals surface area contributed by atoms with Crippen LogP contribution in [0.3, 0.4) is 0 Å². The molecule has 1 fully saturated rings. The quantitative estimate of drug-likeness (QED) is 0.790. The van der Waals surface area contributed by atoms with Gasteiger partial charge < -0.3 is 10.6 Å². The molecular formula is C13H29N3. The number of rotatable bonds is 4. The molecule has 1 aliphatic heterocycles. The first-order valence-corrected chi connectivity index (χ1v) is 6.62. The molecule has 16 heavy (non-hydrogen) atoms. The Morgan fingerprint density at radius 2 is 1.69 bits per heavy atom. The largest absolute Gasteiger partial charge is 0.328 e. The zero-order valence-electron chi connectivity index (χ0n) is 11.5. The zero-order valence-corrected chi connectivity index (χ0v) is 11.5. The molecular weight excluding hydrogens is 198 g/mol. The maximum absolute atomic E-state index is 5.76. The molecule has 0 saturated carbocycles. The van der Waals surface area contributed by atoms with Crippen LogP contribution in [0, 0.1) is 0 Å². The minimum atomic E-state index is 0.331. The van der Waals surface area contributed by atoms with E-state index in [1.807, 2.05) is 0 Å². The third-order valence-corrected chi connectivity index (χ3v) is 3.45. The Labute approximate surface area is 101 Å². The van der Waals surface area contributed by atoms with E-state index in [1.54, 1.807) is 0 Å². The third kappa shape index (κ3) is 4.81. The first-order valence-electron chi connectivity index (χ1n) is 6.62. The van der Waals surface area contributed by atoms with Gasteiger partial charge in [-0.25, -0.2) is 0 Å². The Bertz CT molecular complexity index is 188. The molecule has 0 bridgehead atoms. The van der Waals surface area contributed by atoms with Crippen LogP contribution in [0.5, 0.6) is 0 Å². The summed E-state index contributed by atoms with van der Waals surface area (Å²) in [4.78, 5) is 5.15. The molecule has 96 valence electrons. The molecule has 1 aliphatic rings. The van der Waals surface area contributed by atoms with Crippen molar-refractivity contribution in [1.29, 1.82) is 0 Å². The van der Waals surface area contributed by atoms with E-state index in [2.05, 4.69) is 37.5 Å². The van der Waals surface area contributed by atoms with Crippen molar-refractivity contribution in [3.8, 4) is 0 Å². The molecule has 0 aromatic carbocycles. The van der Waals surface area contributed by atoms with Crippen molar-refractivity contribution in [2.45, 2.75) is 52.1 Å². The molecule has 2 N–H and O–H groups in total. The van der Waals surface area contributed by atoms with E-state index in [0.717, 1.165) is 6.42 Å². The van der Waals surface area contributed by atoms with Crippen molar-refractivity contribution in [1.82, 2.24) is 9.80 Å². The van der Waals surface area contributed by atoms with Gasteiger partial charge >= 0.3 is 0 Å². The SMILES string of the molecule is CC(N)CCCN1CCN(C(C)(C)C)CC1. The Morgan fingerprint density at radius 3 is 2.12 bits per heavy atom. The molecule has 1 atom stereocenters. The van der Waals surface area contributed by atoms with Gasteiger partial charge in [0.1, 0.15) is 0 Å². The third-order valence-electron chi connectivity index (χ3n) is 3.45. The lowest BCUT2D eigenvalue weighted by Gasteiger charge is -2.42. The second kappa shape index (κ2) is 5.99. The average molecular weight is 227 g/mol. The standard InChI is InChI=1S/C13H29N3/c1-12(14)6-5-7-15-8-10-16(11-9-15)13(2,3)4/h12H,5-11,14H2,1-4H3. The van der Waals surface area contributed by atoms with Gasteiger partial charge in [0.2, 0.25) is 0 Å². The van der Waals surface area contributed by atoms with Crippen LogP contribution in [0.4, 0.5) is 0 Å². The maximum Gasteiger partial charge on any atom is 0.0126 e.